The Morgan fingerprint density at radius 1 is 1.09 bits per heavy atom. The lowest BCUT2D eigenvalue weighted by molar-refractivity contribution is -0.113. The summed E-state index contributed by atoms with van der Waals surface area (Å²) in [6.45, 7) is 0. The smallest absolute Gasteiger partial charge is 0.252 e. The Hall–Kier alpha value is -1.20. The van der Waals surface area contributed by atoms with E-state index < -0.39 is 9.58 Å². The summed E-state index contributed by atoms with van der Waals surface area (Å²) >= 11 is 20.3. The van der Waals surface area contributed by atoms with Crippen LogP contribution in [0.15, 0.2) is 59.1 Å². The highest BCUT2D eigenvalue weighted by Crippen LogP contribution is 2.30. The first kappa shape index (κ1) is 18.1. The number of nitrogens with two attached hydrogens (primary N) is 1. The molecular formula is C16H12BrCl3N2O. The lowest BCUT2D eigenvalue weighted by Crippen LogP contribution is -2.17. The molecule has 7 heteroatoms. The minimum atomic E-state index is -2.02. The molecule has 0 radical (unpaired) electrons. The van der Waals surface area contributed by atoms with Crippen LogP contribution in [0.4, 0.5) is 11.4 Å². The molecule has 2 aromatic rings. The zero-order valence-electron chi connectivity index (χ0n) is 11.7. The highest BCUT2D eigenvalue weighted by atomic mass is 79.9. The normalized spacial score (nSPS) is 12.1. The average molecular weight is 435 g/mol. The minimum absolute atomic E-state index is 0.478. The van der Waals surface area contributed by atoms with Crippen molar-refractivity contribution in [2.75, 3.05) is 11.1 Å². The third-order valence-electron chi connectivity index (χ3n) is 2.94. The molecule has 0 fully saturated rings. The maximum Gasteiger partial charge on any atom is 0.252 e. The second-order valence-corrected chi connectivity index (χ2v) is 7.84. The van der Waals surface area contributed by atoms with Gasteiger partial charge in [0, 0.05) is 16.2 Å². The van der Waals surface area contributed by atoms with Crippen LogP contribution in [-0.4, -0.2) is 9.58 Å². The molecule has 0 saturated carbocycles. The first-order chi connectivity index (χ1) is 10.8. The van der Waals surface area contributed by atoms with Crippen LogP contribution >= 0.6 is 50.7 Å². The third kappa shape index (κ3) is 5.15. The second-order valence-electron chi connectivity index (χ2n) is 4.64. The molecule has 120 valence electrons. The maximum absolute atomic E-state index is 12.0. The predicted octanol–water partition coefficient (Wildman–Crippen LogP) is 5.42. The number of carbonyl (C=O) groups excluding carboxylic acids is 1. The van der Waals surface area contributed by atoms with Gasteiger partial charge in [0.2, 0.25) is 5.78 Å². The molecule has 0 aromatic heterocycles. The van der Waals surface area contributed by atoms with E-state index in [1.54, 1.807) is 12.1 Å². The average Bonchev–Trinajstić information content (AvgIpc) is 2.48. The Bertz CT molecular complexity index is 740. The number of allylic oxidation sites excluding steroid dienone is 1. The fourth-order valence-corrected chi connectivity index (χ4v) is 2.22. The van der Waals surface area contributed by atoms with Crippen LogP contribution in [-0.2, 0) is 4.79 Å². The molecule has 0 bridgehead atoms. The number of carbonyl (C=O) groups is 1. The van der Waals surface area contributed by atoms with Crippen molar-refractivity contribution in [1.29, 1.82) is 0 Å². The van der Waals surface area contributed by atoms with Gasteiger partial charge in [0.25, 0.3) is 3.79 Å². The van der Waals surface area contributed by atoms with E-state index in [4.69, 9.17) is 40.5 Å². The molecule has 0 aliphatic heterocycles. The van der Waals surface area contributed by atoms with Crippen LogP contribution in [0.5, 0.6) is 0 Å². The second kappa shape index (κ2) is 7.58. The zero-order valence-corrected chi connectivity index (χ0v) is 15.5. The lowest BCUT2D eigenvalue weighted by Gasteiger charge is -2.15. The van der Waals surface area contributed by atoms with Crippen LogP contribution in [0.25, 0.3) is 5.70 Å². The number of ketones is 1. The maximum atomic E-state index is 12.0. The van der Waals surface area contributed by atoms with Gasteiger partial charge < -0.3 is 11.1 Å². The standard InChI is InChI=1S/C16H12BrCl3N2O/c17-11-7-5-10(6-8-11)14(9-15(23)16(18,19)20)22-13-4-2-1-3-12(13)21/h1-9,22H,21H2/b14-9+. The SMILES string of the molecule is Nc1ccccc1N/C(=C/C(=O)C(Cl)(Cl)Cl)c1ccc(Br)cc1. The molecule has 0 aliphatic carbocycles. The van der Waals surface area contributed by atoms with Gasteiger partial charge in [0.15, 0.2) is 0 Å². The number of nitrogen functional groups attached to an aromatic ring is 1. The number of rotatable bonds is 4. The summed E-state index contributed by atoms with van der Waals surface area (Å²) < 4.78 is -1.11. The summed E-state index contributed by atoms with van der Waals surface area (Å²) in [5, 5.41) is 3.11. The number of hydrogen-bond donors (Lipinski definition) is 2. The van der Waals surface area contributed by atoms with E-state index in [1.807, 2.05) is 36.4 Å². The summed E-state index contributed by atoms with van der Waals surface area (Å²) in [4.78, 5) is 12.0. The number of para-hydroxylation sites is 2. The number of anilines is 2. The Labute approximate surface area is 157 Å². The molecule has 0 unspecified atom stereocenters. The fourth-order valence-electron chi connectivity index (χ4n) is 1.79. The van der Waals surface area contributed by atoms with E-state index >= 15 is 0 Å². The van der Waals surface area contributed by atoms with Gasteiger partial charge in [-0.3, -0.25) is 4.79 Å². The van der Waals surface area contributed by atoms with Crippen LogP contribution in [0.2, 0.25) is 0 Å². The van der Waals surface area contributed by atoms with E-state index in [9.17, 15) is 4.79 Å². The molecule has 3 nitrogen and oxygen atoms in total. The van der Waals surface area contributed by atoms with Gasteiger partial charge in [-0.1, -0.05) is 75.0 Å². The lowest BCUT2D eigenvalue weighted by atomic mass is 10.1. The number of hydrogen-bond acceptors (Lipinski definition) is 3. The zero-order chi connectivity index (χ0) is 17.0. The van der Waals surface area contributed by atoms with E-state index in [-0.39, 0.29) is 0 Å². The van der Waals surface area contributed by atoms with Crippen molar-refractivity contribution in [3.05, 3.63) is 64.6 Å². The molecule has 23 heavy (non-hydrogen) atoms. The molecule has 0 spiro atoms. The highest BCUT2D eigenvalue weighted by molar-refractivity contribution is 9.10. The van der Waals surface area contributed by atoms with Crippen LogP contribution in [0, 0.1) is 0 Å². The molecule has 0 atom stereocenters. The van der Waals surface area contributed by atoms with Gasteiger partial charge in [-0.05, 0) is 29.8 Å². The third-order valence-corrected chi connectivity index (χ3v) is 4.03. The number of benzene rings is 2. The van der Waals surface area contributed by atoms with E-state index in [0.717, 1.165) is 10.0 Å². The van der Waals surface area contributed by atoms with E-state index in [2.05, 4.69) is 21.2 Å². The Kier molecular flexibility index (Phi) is 5.98. The van der Waals surface area contributed by atoms with Crippen LogP contribution in [0.1, 0.15) is 5.56 Å². The predicted molar refractivity (Wildman–Crippen MR) is 102 cm³/mol. The van der Waals surface area contributed by atoms with Crippen molar-refractivity contribution in [3.8, 4) is 0 Å². The van der Waals surface area contributed by atoms with Crippen molar-refractivity contribution in [2.45, 2.75) is 3.79 Å². The number of alkyl halides is 3. The van der Waals surface area contributed by atoms with Crippen molar-refractivity contribution in [3.63, 3.8) is 0 Å². The first-order valence-electron chi connectivity index (χ1n) is 6.47. The van der Waals surface area contributed by atoms with Gasteiger partial charge in [0.05, 0.1) is 11.4 Å². The molecule has 0 amide bonds. The summed E-state index contributed by atoms with van der Waals surface area (Å²) in [5.41, 5.74) is 8.35. The van der Waals surface area contributed by atoms with Crippen molar-refractivity contribution < 1.29 is 4.79 Å². The van der Waals surface area contributed by atoms with Gasteiger partial charge in [-0.15, -0.1) is 0 Å². The fraction of sp³-hybridized carbons (Fsp3) is 0.0625. The highest BCUT2D eigenvalue weighted by Gasteiger charge is 2.29. The summed E-state index contributed by atoms with van der Waals surface area (Å²) in [6, 6.07) is 14.5. The molecule has 3 N–H and O–H groups in total. The van der Waals surface area contributed by atoms with Crippen molar-refractivity contribution in [2.24, 2.45) is 0 Å². The van der Waals surface area contributed by atoms with Crippen molar-refractivity contribution in [1.82, 2.24) is 0 Å². The van der Waals surface area contributed by atoms with Gasteiger partial charge in [0.1, 0.15) is 0 Å². The van der Waals surface area contributed by atoms with E-state index in [1.165, 1.54) is 6.08 Å². The Morgan fingerprint density at radius 2 is 1.70 bits per heavy atom. The molecule has 2 aromatic carbocycles. The van der Waals surface area contributed by atoms with Gasteiger partial charge in [-0.25, -0.2) is 0 Å². The molecule has 0 aliphatic rings. The monoisotopic (exact) mass is 432 g/mol. The number of nitrogens with one attached hydrogen (secondary N) is 1. The molecule has 0 heterocycles. The summed E-state index contributed by atoms with van der Waals surface area (Å²) in [6.07, 6.45) is 1.25. The van der Waals surface area contributed by atoms with Gasteiger partial charge >= 0.3 is 0 Å². The topological polar surface area (TPSA) is 55.1 Å². The van der Waals surface area contributed by atoms with Crippen molar-refractivity contribution >= 4 is 73.6 Å². The quantitative estimate of drug-likeness (QED) is 0.384. The summed E-state index contributed by atoms with van der Waals surface area (Å²) in [7, 11) is 0. The molecule has 2 rings (SSSR count). The largest absolute Gasteiger partial charge is 0.397 e. The van der Waals surface area contributed by atoms with Crippen LogP contribution in [0.3, 0.4) is 0 Å². The number of halogens is 4. The minimum Gasteiger partial charge on any atom is -0.397 e. The first-order valence-corrected chi connectivity index (χ1v) is 8.40. The Balaban J connectivity index is 2.43. The molecule has 0 saturated heterocycles. The summed E-state index contributed by atoms with van der Waals surface area (Å²) in [5.74, 6) is -0.651. The van der Waals surface area contributed by atoms with Gasteiger partial charge in [-0.2, -0.15) is 0 Å². The molecular weight excluding hydrogens is 422 g/mol. The van der Waals surface area contributed by atoms with Crippen LogP contribution < -0.4 is 11.1 Å². The van der Waals surface area contributed by atoms with E-state index in [0.29, 0.717) is 17.1 Å². The Morgan fingerprint density at radius 3 is 2.26 bits per heavy atom.